The molecule has 0 aliphatic heterocycles. The molecule has 0 fully saturated rings. The highest BCUT2D eigenvalue weighted by Gasteiger charge is 2.12. The number of nitrogens with one attached hydrogen (secondary N) is 1. The molecule has 0 radical (unpaired) electrons. The van der Waals surface area contributed by atoms with Crippen LogP contribution in [-0.2, 0) is 11.4 Å². The van der Waals surface area contributed by atoms with Crippen molar-refractivity contribution in [2.24, 2.45) is 5.84 Å². The van der Waals surface area contributed by atoms with Gasteiger partial charge in [-0.2, -0.15) is 0 Å². The summed E-state index contributed by atoms with van der Waals surface area (Å²) in [4.78, 5) is 11.2. The summed E-state index contributed by atoms with van der Waals surface area (Å²) in [6.07, 6.45) is 2.92. The Labute approximate surface area is 163 Å². The second-order valence-electron chi connectivity index (χ2n) is 4.90. The molecule has 2 aromatic carbocycles. The third kappa shape index (κ3) is 5.37. The Kier molecular flexibility index (Phi) is 7.13. The van der Waals surface area contributed by atoms with Gasteiger partial charge in [0, 0.05) is 21.7 Å². The molecule has 0 aliphatic rings. The lowest BCUT2D eigenvalue weighted by atomic mass is 10.2. The van der Waals surface area contributed by atoms with Crippen molar-refractivity contribution in [1.82, 2.24) is 5.43 Å². The second-order valence-corrected chi connectivity index (χ2v) is 6.60. The van der Waals surface area contributed by atoms with E-state index in [2.05, 4.69) is 15.9 Å². The van der Waals surface area contributed by atoms with Crippen LogP contribution in [0.25, 0.3) is 6.08 Å². The van der Waals surface area contributed by atoms with Crippen LogP contribution in [0.3, 0.4) is 0 Å². The summed E-state index contributed by atoms with van der Waals surface area (Å²) in [7, 11) is 1.53. The fourth-order valence-electron chi connectivity index (χ4n) is 1.98. The van der Waals surface area contributed by atoms with E-state index in [1.807, 2.05) is 5.43 Å². The first kappa shape index (κ1) is 19.6. The highest BCUT2D eigenvalue weighted by Crippen LogP contribution is 2.38. The molecule has 0 aromatic heterocycles. The van der Waals surface area contributed by atoms with Crippen molar-refractivity contribution in [3.05, 3.63) is 62.1 Å². The van der Waals surface area contributed by atoms with Gasteiger partial charge in [-0.15, -0.1) is 0 Å². The Morgan fingerprint density at radius 2 is 2.08 bits per heavy atom. The van der Waals surface area contributed by atoms with Crippen molar-refractivity contribution in [3.63, 3.8) is 0 Å². The zero-order chi connectivity index (χ0) is 18.4. The zero-order valence-electron chi connectivity index (χ0n) is 13.2. The van der Waals surface area contributed by atoms with Crippen LogP contribution in [0.4, 0.5) is 0 Å². The van der Waals surface area contributed by atoms with Crippen LogP contribution in [0, 0.1) is 0 Å². The number of rotatable bonds is 6. The first-order valence-electron chi connectivity index (χ1n) is 7.07. The SMILES string of the molecule is COc1cc(/C=C/C(=O)NN)cc(Br)c1OCc1ccc(Cl)cc1Cl. The number of halogens is 3. The molecule has 0 bridgehead atoms. The Morgan fingerprint density at radius 1 is 1.32 bits per heavy atom. The van der Waals surface area contributed by atoms with Crippen molar-refractivity contribution in [2.75, 3.05) is 7.11 Å². The summed E-state index contributed by atoms with van der Waals surface area (Å²) in [5.41, 5.74) is 3.56. The summed E-state index contributed by atoms with van der Waals surface area (Å²) in [5, 5.41) is 1.08. The maximum atomic E-state index is 11.2. The Bertz CT molecular complexity index is 813. The van der Waals surface area contributed by atoms with Gasteiger partial charge in [0.05, 0.1) is 11.6 Å². The fourth-order valence-corrected chi connectivity index (χ4v) is 3.02. The molecule has 0 aliphatic carbocycles. The molecule has 8 heteroatoms. The minimum atomic E-state index is -0.409. The van der Waals surface area contributed by atoms with Crippen molar-refractivity contribution in [2.45, 2.75) is 6.61 Å². The molecule has 0 unspecified atom stereocenters. The largest absolute Gasteiger partial charge is 0.493 e. The van der Waals surface area contributed by atoms with Crippen LogP contribution in [0.2, 0.25) is 10.0 Å². The molecule has 0 spiro atoms. The van der Waals surface area contributed by atoms with Gasteiger partial charge in [-0.1, -0.05) is 29.3 Å². The fraction of sp³-hybridized carbons (Fsp3) is 0.118. The monoisotopic (exact) mass is 444 g/mol. The molecule has 0 saturated carbocycles. The van der Waals surface area contributed by atoms with Crippen molar-refractivity contribution in [1.29, 1.82) is 0 Å². The van der Waals surface area contributed by atoms with Crippen LogP contribution in [0.15, 0.2) is 40.9 Å². The van der Waals surface area contributed by atoms with E-state index in [0.717, 1.165) is 11.1 Å². The van der Waals surface area contributed by atoms with Crippen molar-refractivity contribution < 1.29 is 14.3 Å². The number of methoxy groups -OCH3 is 1. The van der Waals surface area contributed by atoms with E-state index in [1.165, 1.54) is 13.2 Å². The van der Waals surface area contributed by atoms with Crippen LogP contribution >= 0.6 is 39.1 Å². The number of hydrazine groups is 1. The van der Waals surface area contributed by atoms with E-state index >= 15 is 0 Å². The third-order valence-corrected chi connectivity index (χ3v) is 4.38. The number of ether oxygens (including phenoxy) is 2. The number of amides is 1. The number of nitrogens with two attached hydrogens (primary N) is 1. The lowest BCUT2D eigenvalue weighted by molar-refractivity contribution is -0.116. The quantitative estimate of drug-likeness (QED) is 0.300. The van der Waals surface area contributed by atoms with Gasteiger partial charge in [0.25, 0.3) is 5.91 Å². The van der Waals surface area contributed by atoms with Gasteiger partial charge in [0.15, 0.2) is 11.5 Å². The van der Waals surface area contributed by atoms with E-state index in [0.29, 0.717) is 26.0 Å². The molecule has 2 rings (SSSR count). The molecule has 25 heavy (non-hydrogen) atoms. The van der Waals surface area contributed by atoms with Gasteiger partial charge in [0.2, 0.25) is 0 Å². The molecule has 132 valence electrons. The van der Waals surface area contributed by atoms with Gasteiger partial charge in [-0.05, 0) is 51.8 Å². The second kappa shape index (κ2) is 9.10. The Balaban J connectivity index is 2.22. The van der Waals surface area contributed by atoms with Gasteiger partial charge in [-0.25, -0.2) is 5.84 Å². The molecule has 5 nitrogen and oxygen atoms in total. The predicted molar refractivity (Wildman–Crippen MR) is 103 cm³/mol. The normalized spacial score (nSPS) is 10.8. The number of hydrogen-bond acceptors (Lipinski definition) is 4. The average Bonchev–Trinajstić information content (AvgIpc) is 2.59. The first-order valence-corrected chi connectivity index (χ1v) is 8.62. The van der Waals surface area contributed by atoms with Crippen LogP contribution in [-0.4, -0.2) is 13.0 Å². The number of carbonyl (C=O) groups is 1. The smallest absolute Gasteiger partial charge is 0.257 e. The zero-order valence-corrected chi connectivity index (χ0v) is 16.3. The predicted octanol–water partition coefficient (Wildman–Crippen LogP) is 4.35. The van der Waals surface area contributed by atoms with E-state index in [4.69, 9.17) is 38.5 Å². The van der Waals surface area contributed by atoms with E-state index in [9.17, 15) is 4.79 Å². The van der Waals surface area contributed by atoms with Gasteiger partial charge < -0.3 is 9.47 Å². The number of carbonyl (C=O) groups excluding carboxylic acids is 1. The van der Waals surface area contributed by atoms with E-state index in [-0.39, 0.29) is 6.61 Å². The molecule has 3 N–H and O–H groups in total. The minimum Gasteiger partial charge on any atom is -0.493 e. The van der Waals surface area contributed by atoms with Gasteiger partial charge in [0.1, 0.15) is 6.61 Å². The maximum absolute atomic E-state index is 11.2. The maximum Gasteiger partial charge on any atom is 0.257 e. The highest BCUT2D eigenvalue weighted by molar-refractivity contribution is 9.10. The summed E-state index contributed by atoms with van der Waals surface area (Å²) < 4.78 is 11.9. The molecule has 1 amide bonds. The summed E-state index contributed by atoms with van der Waals surface area (Å²) >= 11 is 15.5. The lowest BCUT2D eigenvalue weighted by Crippen LogP contribution is -2.27. The summed E-state index contributed by atoms with van der Waals surface area (Å²) in [6, 6.07) is 8.73. The topological polar surface area (TPSA) is 73.6 Å². The van der Waals surface area contributed by atoms with Crippen LogP contribution in [0.5, 0.6) is 11.5 Å². The molecular formula is C17H15BrCl2N2O3. The molecule has 0 atom stereocenters. The third-order valence-electron chi connectivity index (χ3n) is 3.21. The summed E-state index contributed by atoms with van der Waals surface area (Å²) in [5.74, 6) is 5.66. The highest BCUT2D eigenvalue weighted by atomic mass is 79.9. The average molecular weight is 446 g/mol. The molecule has 2 aromatic rings. The molecule has 0 heterocycles. The standard InChI is InChI=1S/C17H15BrCl2N2O3/c1-24-15-7-10(2-5-16(23)22-21)6-13(18)17(15)25-9-11-3-4-12(19)8-14(11)20/h2-8H,9,21H2,1H3,(H,22,23)/b5-2+. The summed E-state index contributed by atoms with van der Waals surface area (Å²) in [6.45, 7) is 0.246. The van der Waals surface area contributed by atoms with Crippen molar-refractivity contribution in [3.8, 4) is 11.5 Å². The minimum absolute atomic E-state index is 0.246. The van der Waals surface area contributed by atoms with E-state index < -0.39 is 5.91 Å². The van der Waals surface area contributed by atoms with Crippen molar-refractivity contribution >= 4 is 51.1 Å². The van der Waals surface area contributed by atoms with Crippen LogP contribution < -0.4 is 20.7 Å². The van der Waals surface area contributed by atoms with Gasteiger partial charge in [-0.3, -0.25) is 10.2 Å². The Morgan fingerprint density at radius 3 is 2.72 bits per heavy atom. The number of benzene rings is 2. The first-order chi connectivity index (χ1) is 11.9. The molecule has 0 saturated heterocycles. The van der Waals surface area contributed by atoms with E-state index in [1.54, 1.807) is 36.4 Å². The Hall–Kier alpha value is -1.73. The van der Waals surface area contributed by atoms with Gasteiger partial charge >= 0.3 is 0 Å². The van der Waals surface area contributed by atoms with Crippen LogP contribution in [0.1, 0.15) is 11.1 Å². The number of hydrogen-bond donors (Lipinski definition) is 2. The lowest BCUT2D eigenvalue weighted by Gasteiger charge is -2.14. The molecular weight excluding hydrogens is 431 g/mol.